The highest BCUT2D eigenvalue weighted by atomic mass is 32.2. The van der Waals surface area contributed by atoms with Crippen molar-refractivity contribution in [3.63, 3.8) is 0 Å². The van der Waals surface area contributed by atoms with Gasteiger partial charge in [0.25, 0.3) is 5.91 Å². The Morgan fingerprint density at radius 1 is 1.29 bits per heavy atom. The van der Waals surface area contributed by atoms with Crippen molar-refractivity contribution in [3.05, 3.63) is 76.7 Å². The molecule has 2 aromatic carbocycles. The maximum absolute atomic E-state index is 12.9. The van der Waals surface area contributed by atoms with E-state index in [0.29, 0.717) is 32.8 Å². The van der Waals surface area contributed by atoms with Gasteiger partial charge in [-0.3, -0.25) is 9.69 Å². The molecule has 2 aromatic rings. The Morgan fingerprint density at radius 3 is 2.64 bits per heavy atom. The maximum atomic E-state index is 12.9. The summed E-state index contributed by atoms with van der Waals surface area (Å²) in [4.78, 5) is 26.1. The summed E-state index contributed by atoms with van der Waals surface area (Å²) in [6, 6.07) is 12.2. The molecule has 5 nitrogen and oxygen atoms in total. The quantitative estimate of drug-likeness (QED) is 0.424. The van der Waals surface area contributed by atoms with Crippen molar-refractivity contribution in [2.24, 2.45) is 0 Å². The van der Waals surface area contributed by atoms with Gasteiger partial charge in [-0.15, -0.1) is 0 Å². The van der Waals surface area contributed by atoms with Gasteiger partial charge in [0, 0.05) is 0 Å². The number of anilines is 1. The predicted molar refractivity (Wildman–Crippen MR) is 116 cm³/mol. The third-order valence-corrected chi connectivity index (χ3v) is 5.35. The maximum Gasteiger partial charge on any atom is 0.336 e. The average molecular weight is 412 g/mol. The van der Waals surface area contributed by atoms with Crippen LogP contribution >= 0.6 is 24.0 Å². The van der Waals surface area contributed by atoms with Crippen molar-refractivity contribution in [3.8, 4) is 5.75 Å². The molecule has 1 amide bonds. The standard InChI is InChI=1S/C21H17NO4S2/c1-3-10-26-16-8-5-14(6-9-16)11-18-19(23)22(21(27)28-18)15-7-4-13(2)17(12-15)20(24)25/h3-9,11-12H,1,10H2,2H3,(H,24,25). The number of hydrogen-bond acceptors (Lipinski definition) is 5. The minimum absolute atomic E-state index is 0.144. The number of carbonyl (C=O) groups is 2. The molecule has 3 rings (SSSR count). The first-order valence-electron chi connectivity index (χ1n) is 8.36. The summed E-state index contributed by atoms with van der Waals surface area (Å²) in [6.45, 7) is 5.74. The SMILES string of the molecule is C=CCOc1ccc(C=C2SC(=S)N(c3ccc(C)c(C(=O)O)c3)C2=O)cc1. The van der Waals surface area contributed by atoms with Gasteiger partial charge >= 0.3 is 5.97 Å². The van der Waals surface area contributed by atoms with E-state index in [1.165, 1.54) is 22.7 Å². The van der Waals surface area contributed by atoms with Crippen LogP contribution in [-0.2, 0) is 4.79 Å². The van der Waals surface area contributed by atoms with E-state index >= 15 is 0 Å². The molecule has 1 aliphatic heterocycles. The normalized spacial score (nSPS) is 15.2. The topological polar surface area (TPSA) is 66.8 Å². The first-order chi connectivity index (χ1) is 13.4. The minimum Gasteiger partial charge on any atom is -0.490 e. The van der Waals surface area contributed by atoms with E-state index in [-0.39, 0.29) is 11.5 Å². The molecular weight excluding hydrogens is 394 g/mol. The zero-order valence-electron chi connectivity index (χ0n) is 15.0. The highest BCUT2D eigenvalue weighted by Gasteiger charge is 2.33. The summed E-state index contributed by atoms with van der Waals surface area (Å²) in [7, 11) is 0. The predicted octanol–water partition coefficient (Wildman–Crippen LogP) is 4.66. The highest BCUT2D eigenvalue weighted by molar-refractivity contribution is 8.27. The Kier molecular flexibility index (Phi) is 5.96. The number of rotatable bonds is 6. The smallest absolute Gasteiger partial charge is 0.336 e. The zero-order valence-corrected chi connectivity index (χ0v) is 16.7. The van der Waals surface area contributed by atoms with E-state index < -0.39 is 5.97 Å². The van der Waals surface area contributed by atoms with Crippen LogP contribution in [0.1, 0.15) is 21.5 Å². The van der Waals surface area contributed by atoms with Crippen LogP contribution in [0.25, 0.3) is 6.08 Å². The first kappa shape index (κ1) is 19.9. The summed E-state index contributed by atoms with van der Waals surface area (Å²) in [6.07, 6.45) is 3.42. The molecule has 0 spiro atoms. The monoisotopic (exact) mass is 411 g/mol. The summed E-state index contributed by atoms with van der Waals surface area (Å²) < 4.78 is 5.81. The van der Waals surface area contributed by atoms with Gasteiger partial charge in [-0.05, 0) is 48.4 Å². The fourth-order valence-electron chi connectivity index (χ4n) is 2.64. The van der Waals surface area contributed by atoms with Gasteiger partial charge in [-0.2, -0.15) is 0 Å². The minimum atomic E-state index is -1.04. The number of ether oxygens (including phenoxy) is 1. The number of hydrogen-bond donors (Lipinski definition) is 1. The van der Waals surface area contributed by atoms with E-state index in [4.69, 9.17) is 17.0 Å². The van der Waals surface area contributed by atoms with E-state index in [0.717, 1.165) is 5.56 Å². The molecule has 0 radical (unpaired) electrons. The second-order valence-electron chi connectivity index (χ2n) is 5.99. The number of carboxylic acid groups (broad SMARTS) is 1. The average Bonchev–Trinajstić information content (AvgIpc) is 2.95. The number of thioether (sulfide) groups is 1. The first-order valence-corrected chi connectivity index (χ1v) is 9.59. The molecule has 0 atom stereocenters. The summed E-state index contributed by atoms with van der Waals surface area (Å²) >= 11 is 6.54. The summed E-state index contributed by atoms with van der Waals surface area (Å²) in [5.41, 5.74) is 2.05. The van der Waals surface area contributed by atoms with Gasteiger partial charge in [0.1, 0.15) is 12.4 Å². The number of carbonyl (C=O) groups excluding carboxylic acids is 1. The van der Waals surface area contributed by atoms with Crippen LogP contribution in [0, 0.1) is 6.92 Å². The van der Waals surface area contributed by atoms with Crippen LogP contribution < -0.4 is 9.64 Å². The van der Waals surface area contributed by atoms with Crippen molar-refractivity contribution >= 4 is 51.9 Å². The number of amides is 1. The lowest BCUT2D eigenvalue weighted by atomic mass is 10.1. The molecule has 0 aromatic heterocycles. The lowest BCUT2D eigenvalue weighted by Crippen LogP contribution is -2.27. The van der Waals surface area contributed by atoms with Crippen LogP contribution in [-0.4, -0.2) is 27.9 Å². The van der Waals surface area contributed by atoms with E-state index in [2.05, 4.69) is 6.58 Å². The highest BCUT2D eigenvalue weighted by Crippen LogP contribution is 2.36. The Balaban J connectivity index is 1.85. The van der Waals surface area contributed by atoms with Gasteiger partial charge in [-0.25, -0.2) is 4.79 Å². The Hall–Kier alpha value is -2.90. The van der Waals surface area contributed by atoms with Crippen LogP contribution in [0.15, 0.2) is 60.0 Å². The summed E-state index contributed by atoms with van der Waals surface area (Å²) in [5, 5.41) is 9.32. The number of aromatic carboxylic acids is 1. The van der Waals surface area contributed by atoms with Crippen molar-refractivity contribution in [1.82, 2.24) is 0 Å². The van der Waals surface area contributed by atoms with Gasteiger partial charge in [0.05, 0.1) is 16.2 Å². The van der Waals surface area contributed by atoms with Gasteiger partial charge in [-0.1, -0.05) is 54.8 Å². The van der Waals surface area contributed by atoms with Gasteiger partial charge < -0.3 is 9.84 Å². The molecule has 0 bridgehead atoms. The molecule has 0 saturated carbocycles. The molecule has 0 aliphatic carbocycles. The van der Waals surface area contributed by atoms with Crippen molar-refractivity contribution in [1.29, 1.82) is 0 Å². The van der Waals surface area contributed by atoms with Crippen LogP contribution in [0.5, 0.6) is 5.75 Å². The molecule has 1 heterocycles. The molecular formula is C21H17NO4S2. The van der Waals surface area contributed by atoms with Crippen LogP contribution in [0.2, 0.25) is 0 Å². The van der Waals surface area contributed by atoms with Gasteiger partial charge in [0.2, 0.25) is 0 Å². The van der Waals surface area contributed by atoms with Crippen LogP contribution in [0.4, 0.5) is 5.69 Å². The van der Waals surface area contributed by atoms with Gasteiger partial charge in [0.15, 0.2) is 4.32 Å². The number of nitrogens with zero attached hydrogens (tertiary/aromatic N) is 1. The lowest BCUT2D eigenvalue weighted by molar-refractivity contribution is -0.113. The molecule has 142 valence electrons. The third-order valence-electron chi connectivity index (χ3n) is 4.05. The molecule has 0 unspecified atom stereocenters. The Morgan fingerprint density at radius 2 is 2.00 bits per heavy atom. The fraction of sp³-hybridized carbons (Fsp3) is 0.0952. The molecule has 1 N–H and O–H groups in total. The lowest BCUT2D eigenvalue weighted by Gasteiger charge is -2.15. The largest absolute Gasteiger partial charge is 0.490 e. The van der Waals surface area contributed by atoms with E-state index in [1.54, 1.807) is 31.2 Å². The van der Waals surface area contributed by atoms with E-state index in [1.807, 2.05) is 24.3 Å². The number of aryl methyl sites for hydroxylation is 1. The van der Waals surface area contributed by atoms with Crippen LogP contribution in [0.3, 0.4) is 0 Å². The summed E-state index contributed by atoms with van der Waals surface area (Å²) in [5.74, 6) is -0.605. The Labute approximate surface area is 172 Å². The number of benzene rings is 2. The molecule has 1 saturated heterocycles. The Bertz CT molecular complexity index is 996. The fourth-order valence-corrected chi connectivity index (χ4v) is 3.94. The number of thiocarbonyl (C=S) groups is 1. The molecule has 1 fully saturated rings. The van der Waals surface area contributed by atoms with Crippen molar-refractivity contribution < 1.29 is 19.4 Å². The third kappa shape index (κ3) is 4.16. The van der Waals surface area contributed by atoms with Crippen molar-refractivity contribution in [2.75, 3.05) is 11.5 Å². The van der Waals surface area contributed by atoms with E-state index in [9.17, 15) is 14.7 Å². The molecule has 28 heavy (non-hydrogen) atoms. The zero-order chi connectivity index (χ0) is 20.3. The molecule has 1 aliphatic rings. The number of carboxylic acids is 1. The second kappa shape index (κ2) is 8.41. The molecule has 7 heteroatoms. The second-order valence-corrected chi connectivity index (χ2v) is 7.67. The van der Waals surface area contributed by atoms with Crippen molar-refractivity contribution in [2.45, 2.75) is 6.92 Å².